The first-order valence-electron chi connectivity index (χ1n) is 5.84. The van der Waals surface area contributed by atoms with Crippen molar-refractivity contribution in [1.29, 1.82) is 0 Å². The molecule has 0 bridgehead atoms. The van der Waals surface area contributed by atoms with Gasteiger partial charge in [0, 0.05) is 6.04 Å². The number of carbonyl (C=O) groups is 1. The number of nitrogens with one attached hydrogen (secondary N) is 1. The Balaban J connectivity index is 3.00. The molecule has 0 saturated heterocycles. The highest BCUT2D eigenvalue weighted by molar-refractivity contribution is 7.91. The topological polar surface area (TPSA) is 83.5 Å². The van der Waals surface area contributed by atoms with Crippen molar-refractivity contribution in [3.8, 4) is 0 Å². The van der Waals surface area contributed by atoms with E-state index >= 15 is 0 Å². The number of hydrogen-bond donors (Lipinski definition) is 2. The quantitative estimate of drug-likeness (QED) is 0.830. The van der Waals surface area contributed by atoms with Crippen LogP contribution in [0.1, 0.15) is 25.1 Å². The summed E-state index contributed by atoms with van der Waals surface area (Å²) in [6.07, 6.45) is -5.06. The molecule has 1 aromatic rings. The summed E-state index contributed by atoms with van der Waals surface area (Å²) in [6, 6.07) is 0.637. The minimum Gasteiger partial charge on any atom is -0.481 e. The fourth-order valence-electron chi connectivity index (χ4n) is 1.48. The first-order chi connectivity index (χ1) is 9.43. The second kappa shape index (κ2) is 6.32. The molecule has 0 spiro atoms. The lowest BCUT2D eigenvalue weighted by molar-refractivity contribution is -0.137. The second-order valence-electron chi connectivity index (χ2n) is 4.69. The highest BCUT2D eigenvalue weighted by Gasteiger charge is 2.34. The van der Waals surface area contributed by atoms with E-state index in [1.165, 1.54) is 0 Å². The van der Waals surface area contributed by atoms with Crippen LogP contribution in [0.25, 0.3) is 0 Å². The van der Waals surface area contributed by atoms with Crippen LogP contribution in [0.3, 0.4) is 0 Å². The van der Waals surface area contributed by atoms with E-state index in [9.17, 15) is 26.4 Å². The number of rotatable bonds is 6. The molecule has 21 heavy (non-hydrogen) atoms. The minimum atomic E-state index is -4.61. The Morgan fingerprint density at radius 1 is 1.38 bits per heavy atom. The summed E-state index contributed by atoms with van der Waals surface area (Å²) in [4.78, 5) is 9.67. The van der Waals surface area contributed by atoms with Crippen molar-refractivity contribution in [2.75, 3.05) is 0 Å². The van der Waals surface area contributed by atoms with E-state index in [0.29, 0.717) is 6.07 Å². The molecule has 0 aliphatic heterocycles. The zero-order valence-electron chi connectivity index (χ0n) is 11.1. The van der Waals surface area contributed by atoms with Crippen molar-refractivity contribution in [2.24, 2.45) is 5.92 Å². The van der Waals surface area contributed by atoms with Crippen LogP contribution in [0.15, 0.2) is 16.3 Å². The van der Waals surface area contributed by atoms with Crippen LogP contribution in [0.2, 0.25) is 0 Å². The summed E-state index contributed by atoms with van der Waals surface area (Å²) < 4.78 is 63.1. The molecule has 10 heteroatoms. The van der Waals surface area contributed by atoms with Crippen LogP contribution in [-0.4, -0.2) is 25.5 Å². The maximum atomic E-state index is 12.5. The lowest BCUT2D eigenvalue weighted by Gasteiger charge is -2.19. The molecule has 1 atom stereocenters. The SMILES string of the molecule is CC(C)C(CC(=O)O)NS(=O)(=O)c1ccc(C(F)(F)F)s1. The Hall–Kier alpha value is -1.13. The normalized spacial score (nSPS) is 14.4. The van der Waals surface area contributed by atoms with Gasteiger partial charge < -0.3 is 5.11 Å². The molecule has 0 amide bonds. The molecule has 2 N–H and O–H groups in total. The van der Waals surface area contributed by atoms with Crippen molar-refractivity contribution >= 4 is 27.3 Å². The van der Waals surface area contributed by atoms with Gasteiger partial charge in [0.15, 0.2) is 0 Å². The van der Waals surface area contributed by atoms with E-state index in [1.54, 1.807) is 13.8 Å². The zero-order chi connectivity index (χ0) is 16.4. The highest BCUT2D eigenvalue weighted by Crippen LogP contribution is 2.36. The largest absolute Gasteiger partial charge is 0.481 e. The summed E-state index contributed by atoms with van der Waals surface area (Å²) >= 11 is 0.0965. The van der Waals surface area contributed by atoms with Gasteiger partial charge in [0.25, 0.3) is 0 Å². The summed E-state index contributed by atoms with van der Waals surface area (Å²) in [7, 11) is -4.18. The maximum absolute atomic E-state index is 12.5. The third-order valence-electron chi connectivity index (χ3n) is 2.63. The fraction of sp³-hybridized carbons (Fsp3) is 0.545. The molecule has 0 fully saturated rings. The zero-order valence-corrected chi connectivity index (χ0v) is 12.8. The number of sulfonamides is 1. The second-order valence-corrected chi connectivity index (χ2v) is 7.71. The van der Waals surface area contributed by atoms with Gasteiger partial charge >= 0.3 is 12.1 Å². The average molecular weight is 345 g/mol. The summed E-state index contributed by atoms with van der Waals surface area (Å²) in [5.41, 5.74) is 0. The van der Waals surface area contributed by atoms with Crippen molar-refractivity contribution in [3.63, 3.8) is 0 Å². The Kier molecular flexibility index (Phi) is 5.40. The van der Waals surface area contributed by atoms with Crippen molar-refractivity contribution in [2.45, 2.75) is 36.7 Å². The maximum Gasteiger partial charge on any atom is 0.425 e. The number of carboxylic acid groups (broad SMARTS) is 1. The molecule has 0 saturated carbocycles. The number of alkyl halides is 3. The van der Waals surface area contributed by atoms with E-state index in [1.807, 2.05) is 0 Å². The molecular formula is C11H14F3NO4S2. The van der Waals surface area contributed by atoms with E-state index in [2.05, 4.69) is 4.72 Å². The molecule has 1 rings (SSSR count). The van der Waals surface area contributed by atoms with Crippen molar-refractivity contribution < 1.29 is 31.5 Å². The van der Waals surface area contributed by atoms with Crippen molar-refractivity contribution in [3.05, 3.63) is 17.0 Å². The molecule has 1 heterocycles. The van der Waals surface area contributed by atoms with Gasteiger partial charge in [-0.2, -0.15) is 13.2 Å². The average Bonchev–Trinajstić information content (AvgIpc) is 2.76. The van der Waals surface area contributed by atoms with E-state index in [-0.39, 0.29) is 17.3 Å². The van der Waals surface area contributed by atoms with E-state index in [4.69, 9.17) is 5.11 Å². The standard InChI is InChI=1S/C11H14F3NO4S2/c1-6(2)7(5-9(16)17)15-21(18,19)10-4-3-8(20-10)11(12,13)14/h3-4,6-7,15H,5H2,1-2H3,(H,16,17). The number of aliphatic carboxylic acids is 1. The van der Waals surface area contributed by atoms with Crippen molar-refractivity contribution in [1.82, 2.24) is 4.72 Å². The molecule has 5 nitrogen and oxygen atoms in total. The number of thiophene rings is 1. The summed E-state index contributed by atoms with van der Waals surface area (Å²) in [5, 5.41) is 8.73. The molecule has 0 radical (unpaired) electrons. The number of carboxylic acids is 1. The summed E-state index contributed by atoms with van der Waals surface area (Å²) in [5.74, 6) is -1.52. The van der Waals surface area contributed by atoms with Crippen LogP contribution in [0.5, 0.6) is 0 Å². The Morgan fingerprint density at radius 2 is 1.95 bits per heavy atom. The van der Waals surface area contributed by atoms with E-state index < -0.39 is 43.7 Å². The van der Waals surface area contributed by atoms with Gasteiger partial charge in [0.2, 0.25) is 10.0 Å². The van der Waals surface area contributed by atoms with Gasteiger partial charge in [0.05, 0.1) is 6.42 Å². The van der Waals surface area contributed by atoms with Crippen LogP contribution < -0.4 is 4.72 Å². The van der Waals surface area contributed by atoms with Gasteiger partial charge in [-0.05, 0) is 18.1 Å². The monoisotopic (exact) mass is 345 g/mol. The lowest BCUT2D eigenvalue weighted by Crippen LogP contribution is -2.39. The molecule has 1 unspecified atom stereocenters. The molecule has 0 aliphatic rings. The molecule has 0 aromatic carbocycles. The lowest BCUT2D eigenvalue weighted by atomic mass is 10.0. The first kappa shape index (κ1) is 17.9. The van der Waals surface area contributed by atoms with Crippen LogP contribution in [0.4, 0.5) is 13.2 Å². The van der Waals surface area contributed by atoms with E-state index in [0.717, 1.165) is 6.07 Å². The first-order valence-corrected chi connectivity index (χ1v) is 8.14. The van der Waals surface area contributed by atoms with Gasteiger partial charge in [-0.25, -0.2) is 13.1 Å². The Labute approximate surface area is 123 Å². The van der Waals surface area contributed by atoms with Gasteiger partial charge in [0.1, 0.15) is 9.09 Å². The molecule has 0 aliphatic carbocycles. The van der Waals surface area contributed by atoms with Gasteiger partial charge in [-0.15, -0.1) is 11.3 Å². The predicted octanol–water partition coefficient (Wildman–Crippen LogP) is 2.54. The third-order valence-corrected chi connectivity index (χ3v) is 5.74. The Bertz CT molecular complexity index is 607. The Morgan fingerprint density at radius 3 is 2.33 bits per heavy atom. The third kappa shape index (κ3) is 4.97. The van der Waals surface area contributed by atoms with Crippen LogP contribution in [-0.2, 0) is 21.0 Å². The fourth-order valence-corrected chi connectivity index (χ4v) is 4.05. The van der Waals surface area contributed by atoms with Gasteiger partial charge in [-0.3, -0.25) is 4.79 Å². The van der Waals surface area contributed by atoms with Crippen LogP contribution >= 0.6 is 11.3 Å². The number of halogens is 3. The minimum absolute atomic E-state index is 0.0965. The molecular weight excluding hydrogens is 331 g/mol. The number of hydrogen-bond acceptors (Lipinski definition) is 4. The summed E-state index contributed by atoms with van der Waals surface area (Å²) in [6.45, 7) is 3.23. The predicted molar refractivity (Wildman–Crippen MR) is 70.5 cm³/mol. The smallest absolute Gasteiger partial charge is 0.425 e. The highest BCUT2D eigenvalue weighted by atomic mass is 32.2. The molecule has 1 aromatic heterocycles. The van der Waals surface area contributed by atoms with Gasteiger partial charge in [-0.1, -0.05) is 13.8 Å². The molecule has 120 valence electrons. The van der Waals surface area contributed by atoms with Crippen LogP contribution in [0, 0.1) is 5.92 Å².